The number of amides is 2. The molecule has 1 atom stereocenters. The van der Waals surface area contributed by atoms with Crippen LogP contribution in [0.25, 0.3) is 22.1 Å². The van der Waals surface area contributed by atoms with Gasteiger partial charge in [0.2, 0.25) is 0 Å². The molecule has 4 heteroatoms. The van der Waals surface area contributed by atoms with Crippen molar-refractivity contribution in [2.24, 2.45) is 5.73 Å². The number of benzene rings is 3. The van der Waals surface area contributed by atoms with E-state index in [1.165, 1.54) is 16.7 Å². The quantitative estimate of drug-likeness (QED) is 0.533. The first-order chi connectivity index (χ1) is 13.7. The summed E-state index contributed by atoms with van der Waals surface area (Å²) in [6, 6.07) is 24.1. The van der Waals surface area contributed by atoms with E-state index in [1.54, 1.807) is 11.2 Å². The van der Waals surface area contributed by atoms with Gasteiger partial charge in [-0.2, -0.15) is 0 Å². The number of fused-ring (bicyclic) bond motifs is 2. The van der Waals surface area contributed by atoms with E-state index >= 15 is 0 Å². The summed E-state index contributed by atoms with van der Waals surface area (Å²) in [4.78, 5) is 13.9. The first-order valence-corrected chi connectivity index (χ1v) is 9.43. The molecule has 2 heterocycles. The Bertz CT molecular complexity index is 1160. The van der Waals surface area contributed by atoms with Crippen LogP contribution in [0.1, 0.15) is 22.7 Å². The molecule has 1 unspecified atom stereocenters. The zero-order valence-electron chi connectivity index (χ0n) is 15.3. The minimum absolute atomic E-state index is 0.241. The van der Waals surface area contributed by atoms with E-state index in [-0.39, 0.29) is 6.04 Å². The topological polar surface area (TPSA) is 59.5 Å². The van der Waals surface area contributed by atoms with Gasteiger partial charge < -0.3 is 15.1 Å². The SMILES string of the molecule is NC(=O)N1CCc2cc(-c3ccccc3)ccc2C1c1coc2ccccc12. The van der Waals surface area contributed by atoms with Crippen LogP contribution >= 0.6 is 0 Å². The third-order valence-corrected chi connectivity index (χ3v) is 5.57. The van der Waals surface area contributed by atoms with Crippen molar-refractivity contribution < 1.29 is 9.21 Å². The number of primary amides is 1. The highest BCUT2D eigenvalue weighted by atomic mass is 16.3. The van der Waals surface area contributed by atoms with E-state index in [2.05, 4.69) is 30.3 Å². The molecule has 4 nitrogen and oxygen atoms in total. The van der Waals surface area contributed by atoms with Gasteiger partial charge in [-0.3, -0.25) is 0 Å². The largest absolute Gasteiger partial charge is 0.464 e. The smallest absolute Gasteiger partial charge is 0.315 e. The van der Waals surface area contributed by atoms with Crippen LogP contribution < -0.4 is 5.73 Å². The minimum atomic E-state index is -0.409. The number of hydrogen-bond acceptors (Lipinski definition) is 2. The van der Waals surface area contributed by atoms with Crippen molar-refractivity contribution in [1.29, 1.82) is 0 Å². The number of furan rings is 1. The lowest BCUT2D eigenvalue weighted by Crippen LogP contribution is -2.43. The molecule has 1 aliphatic rings. The number of para-hydroxylation sites is 1. The Hall–Kier alpha value is -3.53. The van der Waals surface area contributed by atoms with Crippen LogP contribution in [0.2, 0.25) is 0 Å². The highest BCUT2D eigenvalue weighted by molar-refractivity contribution is 5.84. The second-order valence-corrected chi connectivity index (χ2v) is 7.15. The van der Waals surface area contributed by atoms with Gasteiger partial charge in [0.1, 0.15) is 5.58 Å². The van der Waals surface area contributed by atoms with E-state index in [4.69, 9.17) is 10.2 Å². The van der Waals surface area contributed by atoms with Crippen LogP contribution in [0.3, 0.4) is 0 Å². The van der Waals surface area contributed by atoms with Gasteiger partial charge in [0.05, 0.1) is 12.3 Å². The molecule has 0 spiro atoms. The number of nitrogens with zero attached hydrogens (tertiary/aromatic N) is 1. The Morgan fingerprint density at radius 2 is 1.71 bits per heavy atom. The summed E-state index contributed by atoms with van der Waals surface area (Å²) in [6.07, 6.45) is 2.54. The second kappa shape index (κ2) is 6.57. The van der Waals surface area contributed by atoms with Crippen molar-refractivity contribution in [3.8, 4) is 11.1 Å². The molecule has 0 fully saturated rings. The molecule has 1 aromatic heterocycles. The van der Waals surface area contributed by atoms with E-state index in [9.17, 15) is 4.79 Å². The maximum atomic E-state index is 12.2. The lowest BCUT2D eigenvalue weighted by atomic mass is 9.86. The molecule has 3 aromatic carbocycles. The number of rotatable bonds is 2. The molecule has 5 rings (SSSR count). The molecule has 0 radical (unpaired) electrons. The maximum absolute atomic E-state index is 12.2. The molecule has 28 heavy (non-hydrogen) atoms. The summed E-state index contributed by atoms with van der Waals surface area (Å²) in [6.45, 7) is 0.588. The fraction of sp³-hybridized carbons (Fsp3) is 0.125. The number of nitrogens with two attached hydrogens (primary N) is 1. The van der Waals surface area contributed by atoms with Gasteiger partial charge in [0.15, 0.2) is 0 Å². The lowest BCUT2D eigenvalue weighted by molar-refractivity contribution is 0.190. The van der Waals surface area contributed by atoms with Gasteiger partial charge in [-0.25, -0.2) is 4.79 Å². The molecular formula is C24H20N2O2. The third-order valence-electron chi connectivity index (χ3n) is 5.57. The molecule has 4 aromatic rings. The number of carbonyl (C=O) groups is 1. The Morgan fingerprint density at radius 3 is 2.54 bits per heavy atom. The fourth-order valence-corrected chi connectivity index (χ4v) is 4.22. The molecule has 0 saturated carbocycles. The van der Waals surface area contributed by atoms with Crippen LogP contribution in [-0.2, 0) is 6.42 Å². The Labute approximate surface area is 163 Å². The third kappa shape index (κ3) is 2.65. The maximum Gasteiger partial charge on any atom is 0.315 e. The molecule has 138 valence electrons. The van der Waals surface area contributed by atoms with Crippen LogP contribution in [0.5, 0.6) is 0 Å². The van der Waals surface area contributed by atoms with E-state index in [1.807, 2.05) is 42.5 Å². The van der Waals surface area contributed by atoms with Gasteiger partial charge in [-0.15, -0.1) is 0 Å². The highest BCUT2D eigenvalue weighted by Crippen LogP contribution is 2.40. The Morgan fingerprint density at radius 1 is 0.929 bits per heavy atom. The first kappa shape index (κ1) is 16.6. The van der Waals surface area contributed by atoms with Gasteiger partial charge in [-0.05, 0) is 34.7 Å². The lowest BCUT2D eigenvalue weighted by Gasteiger charge is -2.36. The van der Waals surface area contributed by atoms with Crippen LogP contribution in [0.4, 0.5) is 4.79 Å². The van der Waals surface area contributed by atoms with Gasteiger partial charge in [0.25, 0.3) is 0 Å². The van der Waals surface area contributed by atoms with Gasteiger partial charge in [-0.1, -0.05) is 66.7 Å². The average Bonchev–Trinajstić information content (AvgIpc) is 3.17. The van der Waals surface area contributed by atoms with Crippen molar-refractivity contribution in [1.82, 2.24) is 4.90 Å². The molecular weight excluding hydrogens is 348 g/mol. The molecule has 1 aliphatic heterocycles. The van der Waals surface area contributed by atoms with Crippen molar-refractivity contribution in [2.75, 3.05) is 6.54 Å². The Balaban J connectivity index is 1.66. The van der Waals surface area contributed by atoms with Crippen LogP contribution in [-0.4, -0.2) is 17.5 Å². The number of carbonyl (C=O) groups excluding carboxylic acids is 1. The van der Waals surface area contributed by atoms with Crippen LogP contribution in [0.15, 0.2) is 83.5 Å². The van der Waals surface area contributed by atoms with E-state index < -0.39 is 6.03 Å². The summed E-state index contributed by atoms with van der Waals surface area (Å²) in [5.41, 5.74) is 12.3. The summed E-state index contributed by atoms with van der Waals surface area (Å²) < 4.78 is 5.76. The Kier molecular flexibility index (Phi) is 3.90. The molecule has 2 N–H and O–H groups in total. The average molecular weight is 368 g/mol. The summed E-state index contributed by atoms with van der Waals surface area (Å²) in [5, 5.41) is 1.01. The van der Waals surface area contributed by atoms with E-state index in [0.717, 1.165) is 28.5 Å². The molecule has 0 saturated heterocycles. The zero-order valence-corrected chi connectivity index (χ0v) is 15.3. The standard InChI is InChI=1S/C24H20N2O2/c25-24(27)26-13-12-18-14-17(16-6-2-1-3-7-16)10-11-19(18)23(26)21-15-28-22-9-5-4-8-20(21)22/h1-11,14-15,23H,12-13H2,(H2,25,27). The fourth-order valence-electron chi connectivity index (χ4n) is 4.22. The molecule has 0 aliphatic carbocycles. The van der Waals surface area contributed by atoms with Crippen LogP contribution in [0, 0.1) is 0 Å². The van der Waals surface area contributed by atoms with Crippen molar-refractivity contribution in [3.05, 3.63) is 95.7 Å². The summed E-state index contributed by atoms with van der Waals surface area (Å²) in [7, 11) is 0. The predicted molar refractivity (Wildman–Crippen MR) is 110 cm³/mol. The predicted octanol–water partition coefficient (Wildman–Crippen LogP) is 5.13. The van der Waals surface area contributed by atoms with Crippen molar-refractivity contribution in [3.63, 3.8) is 0 Å². The van der Waals surface area contributed by atoms with Crippen molar-refractivity contribution in [2.45, 2.75) is 12.5 Å². The van der Waals surface area contributed by atoms with Gasteiger partial charge in [0, 0.05) is 17.5 Å². The molecule has 2 amide bonds. The second-order valence-electron chi connectivity index (χ2n) is 7.15. The minimum Gasteiger partial charge on any atom is -0.464 e. The van der Waals surface area contributed by atoms with Gasteiger partial charge >= 0.3 is 6.03 Å². The normalized spacial score (nSPS) is 16.1. The highest BCUT2D eigenvalue weighted by Gasteiger charge is 2.33. The number of hydrogen-bond donors (Lipinski definition) is 1. The summed E-state index contributed by atoms with van der Waals surface area (Å²) >= 11 is 0. The van der Waals surface area contributed by atoms with E-state index in [0.29, 0.717) is 6.54 Å². The summed E-state index contributed by atoms with van der Waals surface area (Å²) in [5.74, 6) is 0. The first-order valence-electron chi connectivity index (χ1n) is 9.43. The monoisotopic (exact) mass is 368 g/mol. The molecule has 0 bridgehead atoms. The zero-order chi connectivity index (χ0) is 19.1. The van der Waals surface area contributed by atoms with Crippen molar-refractivity contribution >= 4 is 17.0 Å². The number of urea groups is 1.